The average molecular weight is 326 g/mol. The lowest BCUT2D eigenvalue weighted by atomic mass is 10.1. The van der Waals surface area contributed by atoms with Gasteiger partial charge in [-0.2, -0.15) is 0 Å². The number of benzene rings is 2. The van der Waals surface area contributed by atoms with E-state index in [9.17, 15) is 8.78 Å². The summed E-state index contributed by atoms with van der Waals surface area (Å²) in [5.74, 6) is -0.839. The molecule has 2 rings (SSSR count). The van der Waals surface area contributed by atoms with Gasteiger partial charge >= 0.3 is 0 Å². The normalized spacial score (nSPS) is 12.3. The Bertz CT molecular complexity index is 599. The molecule has 0 spiro atoms. The van der Waals surface area contributed by atoms with Crippen molar-refractivity contribution >= 4 is 21.6 Å². The second kappa shape index (κ2) is 5.70. The SMILES string of the molecule is Cc1cc(Br)ccc1NC(C)c1cc(F)ccc1F. The van der Waals surface area contributed by atoms with E-state index in [1.807, 2.05) is 25.1 Å². The van der Waals surface area contributed by atoms with Crippen LogP contribution in [0.1, 0.15) is 24.1 Å². The molecule has 0 amide bonds. The first-order valence-electron chi connectivity index (χ1n) is 5.95. The summed E-state index contributed by atoms with van der Waals surface area (Å²) in [6, 6.07) is 8.97. The Morgan fingerprint density at radius 3 is 2.53 bits per heavy atom. The van der Waals surface area contributed by atoms with Gasteiger partial charge in [0.2, 0.25) is 0 Å². The summed E-state index contributed by atoms with van der Waals surface area (Å²) in [6.45, 7) is 3.76. The minimum Gasteiger partial charge on any atom is -0.378 e. The van der Waals surface area contributed by atoms with Gasteiger partial charge in [-0.25, -0.2) is 8.78 Å². The van der Waals surface area contributed by atoms with Crippen LogP contribution >= 0.6 is 15.9 Å². The molecule has 2 aromatic carbocycles. The lowest BCUT2D eigenvalue weighted by Crippen LogP contribution is -2.10. The fourth-order valence-corrected chi connectivity index (χ4v) is 2.42. The van der Waals surface area contributed by atoms with E-state index in [-0.39, 0.29) is 6.04 Å². The first-order chi connectivity index (χ1) is 8.97. The van der Waals surface area contributed by atoms with E-state index in [1.165, 1.54) is 6.07 Å². The van der Waals surface area contributed by atoms with Gasteiger partial charge in [-0.3, -0.25) is 0 Å². The molecule has 2 aromatic rings. The van der Waals surface area contributed by atoms with E-state index in [2.05, 4.69) is 21.2 Å². The fraction of sp³-hybridized carbons (Fsp3) is 0.200. The van der Waals surface area contributed by atoms with E-state index < -0.39 is 11.6 Å². The van der Waals surface area contributed by atoms with Crippen molar-refractivity contribution in [2.75, 3.05) is 5.32 Å². The van der Waals surface area contributed by atoms with Crippen LogP contribution in [0.2, 0.25) is 0 Å². The topological polar surface area (TPSA) is 12.0 Å². The Morgan fingerprint density at radius 1 is 1.11 bits per heavy atom. The van der Waals surface area contributed by atoms with Gasteiger partial charge in [0.25, 0.3) is 0 Å². The molecule has 1 nitrogen and oxygen atoms in total. The molecule has 0 saturated carbocycles. The van der Waals surface area contributed by atoms with Crippen molar-refractivity contribution in [2.24, 2.45) is 0 Å². The van der Waals surface area contributed by atoms with Crippen LogP contribution in [0.5, 0.6) is 0 Å². The Morgan fingerprint density at radius 2 is 1.84 bits per heavy atom. The minimum absolute atomic E-state index is 0.310. The molecule has 100 valence electrons. The van der Waals surface area contributed by atoms with E-state index >= 15 is 0 Å². The molecular weight excluding hydrogens is 312 g/mol. The molecule has 0 fully saturated rings. The third-order valence-corrected chi connectivity index (χ3v) is 3.48. The lowest BCUT2D eigenvalue weighted by Gasteiger charge is -2.18. The predicted molar refractivity (Wildman–Crippen MR) is 77.3 cm³/mol. The number of rotatable bonds is 3. The quantitative estimate of drug-likeness (QED) is 0.816. The van der Waals surface area contributed by atoms with Gasteiger partial charge in [0.15, 0.2) is 0 Å². The van der Waals surface area contributed by atoms with Crippen LogP contribution in [-0.4, -0.2) is 0 Å². The number of nitrogens with one attached hydrogen (secondary N) is 1. The molecule has 1 N–H and O–H groups in total. The summed E-state index contributed by atoms with van der Waals surface area (Å²) in [7, 11) is 0. The maximum Gasteiger partial charge on any atom is 0.128 e. The van der Waals surface area contributed by atoms with Gasteiger partial charge in [0.1, 0.15) is 11.6 Å². The summed E-state index contributed by atoms with van der Waals surface area (Å²) in [5, 5.41) is 3.19. The van der Waals surface area contributed by atoms with Gasteiger partial charge in [0.05, 0.1) is 6.04 Å². The van der Waals surface area contributed by atoms with Crippen LogP contribution in [0.25, 0.3) is 0 Å². The third kappa shape index (κ3) is 3.32. The minimum atomic E-state index is -0.433. The zero-order valence-electron chi connectivity index (χ0n) is 10.7. The Labute approximate surface area is 119 Å². The second-order valence-electron chi connectivity index (χ2n) is 4.49. The monoisotopic (exact) mass is 325 g/mol. The second-order valence-corrected chi connectivity index (χ2v) is 5.41. The zero-order valence-corrected chi connectivity index (χ0v) is 12.3. The van der Waals surface area contributed by atoms with Crippen LogP contribution in [0, 0.1) is 18.6 Å². The van der Waals surface area contributed by atoms with E-state index in [4.69, 9.17) is 0 Å². The van der Waals surface area contributed by atoms with Crippen LogP contribution in [-0.2, 0) is 0 Å². The smallest absolute Gasteiger partial charge is 0.128 e. The largest absolute Gasteiger partial charge is 0.378 e. The lowest BCUT2D eigenvalue weighted by molar-refractivity contribution is 0.577. The highest BCUT2D eigenvalue weighted by Gasteiger charge is 2.12. The summed E-state index contributed by atoms with van der Waals surface area (Å²) >= 11 is 3.39. The van der Waals surface area contributed by atoms with E-state index in [0.717, 1.165) is 27.9 Å². The van der Waals surface area contributed by atoms with Crippen LogP contribution in [0.15, 0.2) is 40.9 Å². The molecule has 4 heteroatoms. The van der Waals surface area contributed by atoms with E-state index in [0.29, 0.717) is 5.56 Å². The van der Waals surface area contributed by atoms with Crippen molar-refractivity contribution in [3.05, 3.63) is 63.6 Å². The molecule has 1 unspecified atom stereocenters. The molecule has 0 saturated heterocycles. The number of hydrogen-bond acceptors (Lipinski definition) is 1. The van der Waals surface area contributed by atoms with Crippen molar-refractivity contribution in [3.63, 3.8) is 0 Å². The molecule has 0 radical (unpaired) electrons. The van der Waals surface area contributed by atoms with Crippen molar-refractivity contribution in [2.45, 2.75) is 19.9 Å². The highest BCUT2D eigenvalue weighted by Crippen LogP contribution is 2.26. The first-order valence-corrected chi connectivity index (χ1v) is 6.74. The molecule has 0 aliphatic carbocycles. The van der Waals surface area contributed by atoms with Crippen molar-refractivity contribution in [1.29, 1.82) is 0 Å². The summed E-state index contributed by atoms with van der Waals surface area (Å²) in [4.78, 5) is 0. The fourth-order valence-electron chi connectivity index (χ4n) is 1.95. The molecule has 0 aromatic heterocycles. The molecule has 0 bridgehead atoms. The average Bonchev–Trinajstić information content (AvgIpc) is 2.35. The van der Waals surface area contributed by atoms with Crippen LogP contribution in [0.3, 0.4) is 0 Å². The Hall–Kier alpha value is -1.42. The summed E-state index contributed by atoms with van der Waals surface area (Å²) in [5.41, 5.74) is 2.26. The predicted octanol–water partition coefficient (Wildman–Crippen LogP) is 5.21. The molecule has 1 atom stereocenters. The highest BCUT2D eigenvalue weighted by atomic mass is 79.9. The zero-order chi connectivity index (χ0) is 14.0. The maximum atomic E-state index is 13.7. The maximum absolute atomic E-state index is 13.7. The Balaban J connectivity index is 2.25. The van der Waals surface area contributed by atoms with Gasteiger partial charge in [-0.1, -0.05) is 15.9 Å². The van der Waals surface area contributed by atoms with Gasteiger partial charge in [0, 0.05) is 15.7 Å². The number of aryl methyl sites for hydroxylation is 1. The van der Waals surface area contributed by atoms with Gasteiger partial charge < -0.3 is 5.32 Å². The highest BCUT2D eigenvalue weighted by molar-refractivity contribution is 9.10. The number of halogens is 3. The molecular formula is C15H14BrF2N. The third-order valence-electron chi connectivity index (χ3n) is 2.99. The van der Waals surface area contributed by atoms with Gasteiger partial charge in [-0.15, -0.1) is 0 Å². The molecule has 0 aliphatic rings. The standard InChI is InChI=1S/C15H14BrF2N/c1-9-7-11(16)3-6-15(9)19-10(2)13-8-12(17)4-5-14(13)18/h3-8,10,19H,1-2H3. The molecule has 0 heterocycles. The van der Waals surface area contributed by atoms with Crippen molar-refractivity contribution in [3.8, 4) is 0 Å². The molecule has 0 aliphatic heterocycles. The van der Waals surface area contributed by atoms with Crippen LogP contribution < -0.4 is 5.32 Å². The summed E-state index contributed by atoms with van der Waals surface area (Å²) < 4.78 is 27.8. The van der Waals surface area contributed by atoms with Crippen LogP contribution in [0.4, 0.5) is 14.5 Å². The molecule has 19 heavy (non-hydrogen) atoms. The summed E-state index contributed by atoms with van der Waals surface area (Å²) in [6.07, 6.45) is 0. The number of anilines is 1. The Kier molecular flexibility index (Phi) is 4.20. The van der Waals surface area contributed by atoms with Crippen molar-refractivity contribution < 1.29 is 8.78 Å². The first kappa shape index (κ1) is 14.0. The van der Waals surface area contributed by atoms with Crippen molar-refractivity contribution in [1.82, 2.24) is 0 Å². The van der Waals surface area contributed by atoms with E-state index in [1.54, 1.807) is 6.92 Å². The van der Waals surface area contributed by atoms with Gasteiger partial charge in [-0.05, 0) is 55.8 Å². The number of hydrogen-bond donors (Lipinski definition) is 1.